The lowest BCUT2D eigenvalue weighted by Gasteiger charge is -2.17. The summed E-state index contributed by atoms with van der Waals surface area (Å²) in [6.07, 6.45) is 0. The molecule has 1 heterocycles. The van der Waals surface area contributed by atoms with Gasteiger partial charge in [0.25, 0.3) is 0 Å². The Morgan fingerprint density at radius 3 is 1.53 bits per heavy atom. The van der Waals surface area contributed by atoms with Gasteiger partial charge in [0.2, 0.25) is 0 Å². The van der Waals surface area contributed by atoms with E-state index in [4.69, 9.17) is 0 Å². The molecule has 0 fully saturated rings. The van der Waals surface area contributed by atoms with E-state index < -0.39 is 0 Å². The SMILES string of the molecule is Cc1cc(C)cc(-c2ccc3ccc4c(-c5cccc(-n6c7ccccc7c7ccccc76)c5)ccc5ccc2c3c54)c1. The maximum absolute atomic E-state index is 2.40. The fourth-order valence-electron chi connectivity index (χ4n) is 7.45. The largest absolute Gasteiger partial charge is 0.309 e. The third-order valence-electron chi connectivity index (χ3n) is 9.19. The van der Waals surface area contributed by atoms with Gasteiger partial charge in [0.1, 0.15) is 0 Å². The number of aryl methyl sites for hydroxylation is 2. The molecule has 1 heteroatoms. The number of hydrogen-bond acceptors (Lipinski definition) is 0. The van der Waals surface area contributed by atoms with E-state index in [0.29, 0.717) is 0 Å². The van der Waals surface area contributed by atoms with Crippen molar-refractivity contribution in [2.45, 2.75) is 13.8 Å². The summed E-state index contributed by atoms with van der Waals surface area (Å²) in [5.74, 6) is 0. The third kappa shape index (κ3) is 3.58. The average molecular weight is 548 g/mol. The molecule has 0 spiro atoms. The van der Waals surface area contributed by atoms with E-state index in [1.807, 2.05) is 0 Å². The number of rotatable bonds is 3. The van der Waals surface area contributed by atoms with Crippen molar-refractivity contribution in [2.75, 3.05) is 0 Å². The summed E-state index contributed by atoms with van der Waals surface area (Å²) in [7, 11) is 0. The molecular weight excluding hydrogens is 518 g/mol. The smallest absolute Gasteiger partial charge is 0.0541 e. The molecule has 0 atom stereocenters. The molecule has 0 amide bonds. The monoisotopic (exact) mass is 547 g/mol. The molecule has 8 aromatic carbocycles. The van der Waals surface area contributed by atoms with Crippen LogP contribution >= 0.6 is 0 Å². The average Bonchev–Trinajstić information content (AvgIpc) is 3.37. The second kappa shape index (κ2) is 9.05. The molecule has 0 saturated heterocycles. The lowest BCUT2D eigenvalue weighted by atomic mass is 9.87. The van der Waals surface area contributed by atoms with Gasteiger partial charge in [-0.2, -0.15) is 0 Å². The van der Waals surface area contributed by atoms with Crippen LogP contribution in [0.1, 0.15) is 11.1 Å². The summed E-state index contributed by atoms with van der Waals surface area (Å²) in [6.45, 7) is 4.37. The van der Waals surface area contributed by atoms with Gasteiger partial charge in [0.05, 0.1) is 11.0 Å². The second-order valence-corrected chi connectivity index (χ2v) is 11.9. The van der Waals surface area contributed by atoms with Crippen molar-refractivity contribution in [3.8, 4) is 27.9 Å². The number of nitrogens with zero attached hydrogens (tertiary/aromatic N) is 1. The third-order valence-corrected chi connectivity index (χ3v) is 9.19. The van der Waals surface area contributed by atoms with E-state index in [1.165, 1.54) is 93.2 Å². The molecule has 1 nitrogen and oxygen atoms in total. The van der Waals surface area contributed by atoms with Crippen LogP contribution in [0.2, 0.25) is 0 Å². The highest BCUT2D eigenvalue weighted by atomic mass is 15.0. The van der Waals surface area contributed by atoms with Gasteiger partial charge in [-0.3, -0.25) is 0 Å². The van der Waals surface area contributed by atoms with Crippen LogP contribution in [0.25, 0.3) is 82.1 Å². The molecule has 43 heavy (non-hydrogen) atoms. The molecular formula is C42H29N. The van der Waals surface area contributed by atoms with Crippen molar-refractivity contribution in [3.05, 3.63) is 151 Å². The molecule has 0 radical (unpaired) electrons. The Kier molecular flexibility index (Phi) is 5.10. The zero-order valence-electron chi connectivity index (χ0n) is 24.2. The summed E-state index contributed by atoms with van der Waals surface area (Å²) in [4.78, 5) is 0. The Morgan fingerprint density at radius 1 is 0.395 bits per heavy atom. The standard InChI is InChI=1S/C42H29N/c1-26-22-27(2)24-31(23-26)34-19-15-29-16-20-37-33(18-14-28-17-21-38(34)42(29)41(28)37)30-8-7-9-32(25-30)43-39-12-5-3-10-35(39)36-11-4-6-13-40(36)43/h3-25H,1-2H3. The summed E-state index contributed by atoms with van der Waals surface area (Å²) in [5, 5.41) is 10.5. The molecule has 0 saturated carbocycles. The van der Waals surface area contributed by atoms with Crippen LogP contribution in [-0.4, -0.2) is 4.57 Å². The molecule has 0 N–H and O–H groups in total. The van der Waals surface area contributed by atoms with E-state index in [9.17, 15) is 0 Å². The van der Waals surface area contributed by atoms with Crippen LogP contribution in [0.5, 0.6) is 0 Å². The van der Waals surface area contributed by atoms with Gasteiger partial charge in [-0.05, 0) is 92.7 Å². The Hall–Kier alpha value is -5.40. The summed E-state index contributed by atoms with van der Waals surface area (Å²) < 4.78 is 2.40. The molecule has 0 aliphatic rings. The van der Waals surface area contributed by atoms with E-state index in [2.05, 4.69) is 158 Å². The predicted octanol–water partition coefficient (Wildman–Crippen LogP) is 11.6. The zero-order valence-corrected chi connectivity index (χ0v) is 24.2. The first-order valence-electron chi connectivity index (χ1n) is 15.0. The van der Waals surface area contributed by atoms with Gasteiger partial charge >= 0.3 is 0 Å². The highest BCUT2D eigenvalue weighted by Gasteiger charge is 2.16. The van der Waals surface area contributed by atoms with Crippen molar-refractivity contribution in [1.29, 1.82) is 0 Å². The van der Waals surface area contributed by atoms with Crippen LogP contribution < -0.4 is 0 Å². The zero-order chi connectivity index (χ0) is 28.7. The lowest BCUT2D eigenvalue weighted by Crippen LogP contribution is -1.94. The Bertz CT molecular complexity index is 2450. The molecule has 0 unspecified atom stereocenters. The Morgan fingerprint density at radius 2 is 0.930 bits per heavy atom. The first-order valence-corrected chi connectivity index (χ1v) is 15.0. The Balaban J connectivity index is 1.29. The van der Waals surface area contributed by atoms with Crippen LogP contribution in [-0.2, 0) is 0 Å². The molecule has 1 aromatic heterocycles. The predicted molar refractivity (Wildman–Crippen MR) is 185 cm³/mol. The van der Waals surface area contributed by atoms with Gasteiger partial charge in [-0.25, -0.2) is 0 Å². The number of benzene rings is 8. The summed E-state index contributed by atoms with van der Waals surface area (Å²) >= 11 is 0. The van der Waals surface area contributed by atoms with E-state index in [1.54, 1.807) is 0 Å². The fourth-order valence-corrected chi connectivity index (χ4v) is 7.45. The number of para-hydroxylation sites is 2. The van der Waals surface area contributed by atoms with Crippen LogP contribution in [0, 0.1) is 13.8 Å². The van der Waals surface area contributed by atoms with E-state index >= 15 is 0 Å². The normalized spacial score (nSPS) is 12.0. The first-order chi connectivity index (χ1) is 21.1. The highest BCUT2D eigenvalue weighted by Crippen LogP contribution is 2.43. The van der Waals surface area contributed by atoms with Gasteiger partial charge in [-0.15, -0.1) is 0 Å². The van der Waals surface area contributed by atoms with Gasteiger partial charge in [0, 0.05) is 16.5 Å². The van der Waals surface area contributed by atoms with E-state index in [0.717, 1.165) is 0 Å². The van der Waals surface area contributed by atoms with E-state index in [-0.39, 0.29) is 0 Å². The van der Waals surface area contributed by atoms with Crippen molar-refractivity contribution < 1.29 is 0 Å². The minimum absolute atomic E-state index is 1.18. The topological polar surface area (TPSA) is 4.93 Å². The fraction of sp³-hybridized carbons (Fsp3) is 0.0476. The molecule has 0 bridgehead atoms. The molecule has 0 aliphatic heterocycles. The molecule has 202 valence electrons. The van der Waals surface area contributed by atoms with Crippen LogP contribution in [0.15, 0.2) is 140 Å². The first kappa shape index (κ1) is 24.2. The van der Waals surface area contributed by atoms with Gasteiger partial charge in [-0.1, -0.05) is 126 Å². The van der Waals surface area contributed by atoms with Gasteiger partial charge < -0.3 is 4.57 Å². The maximum atomic E-state index is 2.40. The van der Waals surface area contributed by atoms with Crippen LogP contribution in [0.3, 0.4) is 0 Å². The number of hydrogen-bond donors (Lipinski definition) is 0. The molecule has 9 aromatic rings. The minimum Gasteiger partial charge on any atom is -0.309 e. The lowest BCUT2D eigenvalue weighted by molar-refractivity contribution is 1.18. The maximum Gasteiger partial charge on any atom is 0.0541 e. The molecule has 0 aliphatic carbocycles. The van der Waals surface area contributed by atoms with Crippen LogP contribution in [0.4, 0.5) is 0 Å². The van der Waals surface area contributed by atoms with Crippen molar-refractivity contribution in [3.63, 3.8) is 0 Å². The number of fused-ring (bicyclic) bond motifs is 3. The second-order valence-electron chi connectivity index (χ2n) is 11.9. The summed E-state index contributed by atoms with van der Waals surface area (Å²) in [6, 6.07) is 51.8. The quantitative estimate of drug-likeness (QED) is 0.194. The highest BCUT2D eigenvalue weighted by molar-refractivity contribution is 6.27. The summed E-state index contributed by atoms with van der Waals surface area (Å²) in [5.41, 5.74) is 11.3. The number of aromatic nitrogens is 1. The minimum atomic E-state index is 1.18. The van der Waals surface area contributed by atoms with Crippen molar-refractivity contribution in [1.82, 2.24) is 4.57 Å². The molecule has 9 rings (SSSR count). The Labute approximate surface area is 250 Å². The van der Waals surface area contributed by atoms with Crippen molar-refractivity contribution >= 4 is 54.1 Å². The van der Waals surface area contributed by atoms with Crippen molar-refractivity contribution in [2.24, 2.45) is 0 Å². The van der Waals surface area contributed by atoms with Gasteiger partial charge in [0.15, 0.2) is 0 Å².